The van der Waals surface area contributed by atoms with Gasteiger partial charge in [0.2, 0.25) is 0 Å². The molecule has 0 atom stereocenters. The molecule has 3 rings (SSSR count). The molecule has 0 aliphatic rings. The summed E-state index contributed by atoms with van der Waals surface area (Å²) in [6.45, 7) is 0. The molecule has 1 N–H and O–H groups in total. The fourth-order valence-electron chi connectivity index (χ4n) is 2.23. The van der Waals surface area contributed by atoms with E-state index in [9.17, 15) is 18.0 Å². The van der Waals surface area contributed by atoms with E-state index in [1.54, 1.807) is 30.3 Å². The standard InChI is InChI=1S/C17H11F3N2O2/c18-17(19,20)13-8-4-5-9-14(13)22-16(23)12-10-21-24-15(12)11-6-2-1-3-7-11/h1-10H,(H,22,23). The van der Waals surface area contributed by atoms with Crippen LogP contribution in [0.25, 0.3) is 11.3 Å². The number of hydrogen-bond acceptors (Lipinski definition) is 3. The van der Waals surface area contributed by atoms with E-state index in [1.807, 2.05) is 0 Å². The van der Waals surface area contributed by atoms with Crippen LogP contribution in [0, 0.1) is 0 Å². The third kappa shape index (κ3) is 3.15. The van der Waals surface area contributed by atoms with Crippen molar-refractivity contribution < 1.29 is 22.5 Å². The average Bonchev–Trinajstić information content (AvgIpc) is 3.05. The third-order valence-corrected chi connectivity index (χ3v) is 3.33. The molecule has 1 amide bonds. The molecule has 24 heavy (non-hydrogen) atoms. The first-order chi connectivity index (χ1) is 11.5. The van der Waals surface area contributed by atoms with Crippen LogP contribution in [0.15, 0.2) is 65.3 Å². The first kappa shape index (κ1) is 15.8. The first-order valence-electron chi connectivity index (χ1n) is 6.94. The fraction of sp³-hybridized carbons (Fsp3) is 0.0588. The topological polar surface area (TPSA) is 55.1 Å². The molecule has 3 aromatic rings. The zero-order valence-corrected chi connectivity index (χ0v) is 12.2. The maximum atomic E-state index is 13.0. The lowest BCUT2D eigenvalue weighted by Gasteiger charge is -2.13. The van der Waals surface area contributed by atoms with Gasteiger partial charge in [-0.1, -0.05) is 47.6 Å². The van der Waals surface area contributed by atoms with Gasteiger partial charge >= 0.3 is 6.18 Å². The number of nitrogens with one attached hydrogen (secondary N) is 1. The van der Waals surface area contributed by atoms with Gasteiger partial charge in [-0.15, -0.1) is 0 Å². The highest BCUT2D eigenvalue weighted by molar-refractivity contribution is 6.08. The quantitative estimate of drug-likeness (QED) is 0.762. The summed E-state index contributed by atoms with van der Waals surface area (Å²) in [6.07, 6.45) is -3.39. The van der Waals surface area contributed by atoms with Gasteiger partial charge in [-0.2, -0.15) is 13.2 Å². The van der Waals surface area contributed by atoms with Crippen molar-refractivity contribution in [1.29, 1.82) is 0 Å². The normalized spacial score (nSPS) is 11.3. The second-order valence-electron chi connectivity index (χ2n) is 4.93. The summed E-state index contributed by atoms with van der Waals surface area (Å²) in [5.41, 5.74) is -0.589. The van der Waals surface area contributed by atoms with Crippen LogP contribution in [-0.2, 0) is 6.18 Å². The zero-order chi connectivity index (χ0) is 17.2. The van der Waals surface area contributed by atoms with E-state index < -0.39 is 17.6 Å². The van der Waals surface area contributed by atoms with E-state index in [0.29, 0.717) is 5.56 Å². The summed E-state index contributed by atoms with van der Waals surface area (Å²) < 4.78 is 44.1. The third-order valence-electron chi connectivity index (χ3n) is 3.33. The Bertz CT molecular complexity index is 858. The molecule has 0 aliphatic carbocycles. The summed E-state index contributed by atoms with van der Waals surface area (Å²) in [5.74, 6) is -0.538. The predicted octanol–water partition coefficient (Wildman–Crippen LogP) is 4.61. The molecule has 122 valence electrons. The van der Waals surface area contributed by atoms with Gasteiger partial charge in [0.15, 0.2) is 5.76 Å². The number of carbonyl (C=O) groups excluding carboxylic acids is 1. The molecular formula is C17H11F3N2O2. The Balaban J connectivity index is 1.92. The molecule has 1 heterocycles. The molecule has 0 unspecified atom stereocenters. The first-order valence-corrected chi connectivity index (χ1v) is 6.94. The van der Waals surface area contributed by atoms with Gasteiger partial charge in [0.25, 0.3) is 5.91 Å². The van der Waals surface area contributed by atoms with Gasteiger partial charge in [-0.05, 0) is 12.1 Å². The molecule has 7 heteroatoms. The van der Waals surface area contributed by atoms with E-state index in [1.165, 1.54) is 24.4 Å². The van der Waals surface area contributed by atoms with Crippen molar-refractivity contribution >= 4 is 11.6 Å². The van der Waals surface area contributed by atoms with Crippen LogP contribution in [0.3, 0.4) is 0 Å². The second kappa shape index (κ2) is 6.19. The van der Waals surface area contributed by atoms with Crippen molar-refractivity contribution in [3.63, 3.8) is 0 Å². The number of amides is 1. The number of anilines is 1. The van der Waals surface area contributed by atoms with Gasteiger partial charge in [0.05, 0.1) is 17.4 Å². The number of carbonyl (C=O) groups is 1. The van der Waals surface area contributed by atoms with Crippen LogP contribution < -0.4 is 5.32 Å². The molecule has 0 aliphatic heterocycles. The Hall–Kier alpha value is -3.09. The van der Waals surface area contributed by atoms with Crippen LogP contribution >= 0.6 is 0 Å². The molecular weight excluding hydrogens is 321 g/mol. The smallest absolute Gasteiger partial charge is 0.355 e. The largest absolute Gasteiger partial charge is 0.418 e. The Kier molecular flexibility index (Phi) is 4.07. The van der Waals surface area contributed by atoms with E-state index in [-0.39, 0.29) is 17.0 Å². The number of hydrogen-bond donors (Lipinski definition) is 1. The maximum Gasteiger partial charge on any atom is 0.418 e. The number of rotatable bonds is 3. The Morgan fingerprint density at radius 2 is 1.67 bits per heavy atom. The van der Waals surface area contributed by atoms with Crippen LogP contribution in [0.4, 0.5) is 18.9 Å². The molecule has 1 aromatic heterocycles. The Morgan fingerprint density at radius 3 is 2.38 bits per heavy atom. The number of halogens is 3. The highest BCUT2D eigenvalue weighted by atomic mass is 19.4. The minimum atomic E-state index is -4.57. The van der Waals surface area contributed by atoms with E-state index >= 15 is 0 Å². The van der Waals surface area contributed by atoms with E-state index in [2.05, 4.69) is 10.5 Å². The van der Waals surface area contributed by atoms with E-state index in [4.69, 9.17) is 4.52 Å². The number of aromatic nitrogens is 1. The van der Waals surface area contributed by atoms with Crippen LogP contribution in [-0.4, -0.2) is 11.1 Å². The Morgan fingerprint density at radius 1 is 1.00 bits per heavy atom. The molecule has 0 saturated heterocycles. The lowest BCUT2D eigenvalue weighted by molar-refractivity contribution is -0.136. The highest BCUT2D eigenvalue weighted by Gasteiger charge is 2.34. The molecule has 2 aromatic carbocycles. The average molecular weight is 332 g/mol. The maximum absolute atomic E-state index is 13.0. The minimum absolute atomic E-state index is 0.0539. The predicted molar refractivity (Wildman–Crippen MR) is 81.3 cm³/mol. The van der Waals surface area contributed by atoms with E-state index in [0.717, 1.165) is 6.07 Å². The number of alkyl halides is 3. The van der Waals surface area contributed by atoms with Crippen molar-refractivity contribution in [2.45, 2.75) is 6.18 Å². The zero-order valence-electron chi connectivity index (χ0n) is 12.2. The van der Waals surface area contributed by atoms with Gasteiger partial charge < -0.3 is 9.84 Å². The van der Waals surface area contributed by atoms with Gasteiger partial charge in [0.1, 0.15) is 5.56 Å². The van der Waals surface area contributed by atoms with Crippen molar-refractivity contribution in [1.82, 2.24) is 5.16 Å². The number of para-hydroxylation sites is 1. The number of benzene rings is 2. The highest BCUT2D eigenvalue weighted by Crippen LogP contribution is 2.35. The van der Waals surface area contributed by atoms with Gasteiger partial charge in [-0.25, -0.2) is 0 Å². The van der Waals surface area contributed by atoms with Gasteiger partial charge in [-0.3, -0.25) is 4.79 Å². The van der Waals surface area contributed by atoms with Crippen molar-refractivity contribution in [3.05, 3.63) is 71.9 Å². The molecule has 0 radical (unpaired) electrons. The van der Waals surface area contributed by atoms with Crippen LogP contribution in [0.2, 0.25) is 0 Å². The lowest BCUT2D eigenvalue weighted by atomic mass is 10.1. The lowest BCUT2D eigenvalue weighted by Crippen LogP contribution is -2.16. The minimum Gasteiger partial charge on any atom is -0.355 e. The fourth-order valence-corrected chi connectivity index (χ4v) is 2.23. The Labute approximate surface area is 134 Å². The van der Waals surface area contributed by atoms with Crippen LogP contribution in [0.1, 0.15) is 15.9 Å². The molecule has 0 saturated carbocycles. The van der Waals surface area contributed by atoms with Crippen molar-refractivity contribution in [3.8, 4) is 11.3 Å². The SMILES string of the molecule is O=C(Nc1ccccc1C(F)(F)F)c1cnoc1-c1ccccc1. The molecule has 0 spiro atoms. The molecule has 4 nitrogen and oxygen atoms in total. The van der Waals surface area contributed by atoms with Crippen molar-refractivity contribution in [2.75, 3.05) is 5.32 Å². The summed E-state index contributed by atoms with van der Waals surface area (Å²) in [4.78, 5) is 12.4. The molecule has 0 fully saturated rings. The van der Waals surface area contributed by atoms with Crippen molar-refractivity contribution in [2.24, 2.45) is 0 Å². The monoisotopic (exact) mass is 332 g/mol. The van der Waals surface area contributed by atoms with Gasteiger partial charge in [0, 0.05) is 5.56 Å². The summed E-state index contributed by atoms with van der Waals surface area (Å²) in [5, 5.41) is 5.85. The summed E-state index contributed by atoms with van der Waals surface area (Å²) in [7, 11) is 0. The summed E-state index contributed by atoms with van der Waals surface area (Å²) >= 11 is 0. The molecule has 0 bridgehead atoms. The second-order valence-corrected chi connectivity index (χ2v) is 4.93. The van der Waals surface area contributed by atoms with Crippen LogP contribution in [0.5, 0.6) is 0 Å². The number of nitrogens with zero attached hydrogens (tertiary/aromatic N) is 1. The summed E-state index contributed by atoms with van der Waals surface area (Å²) in [6, 6.07) is 13.5.